The van der Waals surface area contributed by atoms with Crippen LogP contribution in [-0.4, -0.2) is 14.1 Å². The van der Waals surface area contributed by atoms with Crippen LogP contribution < -0.4 is 15.5 Å². The van der Waals surface area contributed by atoms with Gasteiger partial charge in [0.05, 0.1) is 6.04 Å². The van der Waals surface area contributed by atoms with E-state index in [0.29, 0.717) is 0 Å². The van der Waals surface area contributed by atoms with Crippen molar-refractivity contribution in [2.24, 2.45) is 0 Å². The van der Waals surface area contributed by atoms with Gasteiger partial charge in [0.15, 0.2) is 0 Å². The van der Waals surface area contributed by atoms with Crippen molar-refractivity contribution in [2.75, 3.05) is 24.3 Å². The van der Waals surface area contributed by atoms with E-state index in [9.17, 15) is 0 Å². The first kappa shape index (κ1) is 15.7. The van der Waals surface area contributed by atoms with E-state index in [1.807, 2.05) is 0 Å². The molecular formula is C22H23N3. The van der Waals surface area contributed by atoms with Gasteiger partial charge in [-0.15, -0.1) is 0 Å². The number of nitrogens with one attached hydrogen (secondary N) is 2. The minimum Gasteiger partial charge on any atom is -0.378 e. The Bertz CT molecular complexity index is 841. The van der Waals surface area contributed by atoms with Crippen LogP contribution in [0.1, 0.15) is 28.9 Å². The second kappa shape index (κ2) is 6.61. The highest BCUT2D eigenvalue weighted by atomic mass is 15.2. The van der Waals surface area contributed by atoms with Crippen molar-refractivity contribution >= 4 is 11.4 Å². The molecule has 1 aliphatic heterocycles. The van der Waals surface area contributed by atoms with E-state index in [4.69, 9.17) is 0 Å². The lowest BCUT2D eigenvalue weighted by molar-refractivity contribution is 0.506. The molecule has 4 rings (SSSR count). The van der Waals surface area contributed by atoms with E-state index in [-0.39, 0.29) is 12.2 Å². The van der Waals surface area contributed by atoms with Crippen molar-refractivity contribution in [3.8, 4) is 0 Å². The molecule has 0 fully saturated rings. The fraction of sp³-hybridized carbons (Fsp3) is 0.182. The second-order valence-corrected chi connectivity index (χ2v) is 6.66. The van der Waals surface area contributed by atoms with Crippen LogP contribution in [0, 0.1) is 0 Å². The molecule has 0 spiro atoms. The Labute approximate surface area is 149 Å². The van der Waals surface area contributed by atoms with E-state index >= 15 is 0 Å². The maximum Gasteiger partial charge on any atom is 0.104 e. The molecule has 0 radical (unpaired) electrons. The lowest BCUT2D eigenvalue weighted by Crippen LogP contribution is -2.37. The van der Waals surface area contributed by atoms with Gasteiger partial charge < -0.3 is 10.2 Å². The van der Waals surface area contributed by atoms with E-state index < -0.39 is 0 Å². The quantitative estimate of drug-likeness (QED) is 0.738. The number of rotatable bonds is 3. The fourth-order valence-corrected chi connectivity index (χ4v) is 3.40. The van der Waals surface area contributed by atoms with E-state index in [1.54, 1.807) is 0 Å². The van der Waals surface area contributed by atoms with Crippen LogP contribution in [0.3, 0.4) is 0 Å². The molecule has 0 saturated carbocycles. The zero-order valence-electron chi connectivity index (χ0n) is 14.6. The van der Waals surface area contributed by atoms with Crippen LogP contribution in [0.2, 0.25) is 0 Å². The molecule has 1 aliphatic rings. The fourth-order valence-electron chi connectivity index (χ4n) is 3.40. The summed E-state index contributed by atoms with van der Waals surface area (Å²) in [4.78, 5) is 2.12. The highest BCUT2D eigenvalue weighted by molar-refractivity contribution is 5.59. The number of hydrogen-bond acceptors (Lipinski definition) is 3. The molecule has 0 aliphatic carbocycles. The summed E-state index contributed by atoms with van der Waals surface area (Å²) in [7, 11) is 4.13. The molecule has 2 atom stereocenters. The van der Waals surface area contributed by atoms with Gasteiger partial charge in [-0.2, -0.15) is 0 Å². The number of benzene rings is 3. The molecule has 2 N–H and O–H groups in total. The Balaban J connectivity index is 1.70. The van der Waals surface area contributed by atoms with Crippen LogP contribution in [-0.2, 0) is 0 Å². The van der Waals surface area contributed by atoms with Crippen molar-refractivity contribution < 1.29 is 0 Å². The van der Waals surface area contributed by atoms with Crippen LogP contribution >= 0.6 is 0 Å². The molecule has 3 aromatic carbocycles. The normalized spacial score (nSPS) is 19.0. The van der Waals surface area contributed by atoms with Gasteiger partial charge in [-0.25, -0.2) is 0 Å². The van der Waals surface area contributed by atoms with Gasteiger partial charge in [0.1, 0.15) is 6.17 Å². The Morgan fingerprint density at radius 3 is 2.12 bits per heavy atom. The van der Waals surface area contributed by atoms with Crippen molar-refractivity contribution in [2.45, 2.75) is 12.2 Å². The first-order valence-electron chi connectivity index (χ1n) is 8.66. The number of nitrogens with zero attached hydrogens (tertiary/aromatic N) is 1. The smallest absolute Gasteiger partial charge is 0.104 e. The summed E-state index contributed by atoms with van der Waals surface area (Å²) in [5.74, 6) is 0. The lowest BCUT2D eigenvalue weighted by Gasteiger charge is -2.35. The summed E-state index contributed by atoms with van der Waals surface area (Å²) >= 11 is 0. The summed E-state index contributed by atoms with van der Waals surface area (Å²) in [6.45, 7) is 0. The van der Waals surface area contributed by atoms with Gasteiger partial charge in [-0.05, 0) is 34.9 Å². The summed E-state index contributed by atoms with van der Waals surface area (Å²) < 4.78 is 0. The van der Waals surface area contributed by atoms with Gasteiger partial charge >= 0.3 is 0 Å². The topological polar surface area (TPSA) is 27.3 Å². The molecule has 0 unspecified atom stereocenters. The summed E-state index contributed by atoms with van der Waals surface area (Å²) in [5, 5.41) is 7.40. The van der Waals surface area contributed by atoms with E-state index in [1.165, 1.54) is 28.1 Å². The second-order valence-electron chi connectivity index (χ2n) is 6.66. The largest absolute Gasteiger partial charge is 0.378 e. The third kappa shape index (κ3) is 3.11. The average molecular weight is 329 g/mol. The number of fused-ring (bicyclic) bond motifs is 1. The highest BCUT2D eigenvalue weighted by Gasteiger charge is 2.27. The first-order chi connectivity index (χ1) is 12.2. The molecule has 126 valence electrons. The Morgan fingerprint density at radius 2 is 1.40 bits per heavy atom. The molecule has 25 heavy (non-hydrogen) atoms. The third-order valence-electron chi connectivity index (χ3n) is 4.78. The van der Waals surface area contributed by atoms with Gasteiger partial charge in [-0.3, -0.25) is 5.32 Å². The van der Waals surface area contributed by atoms with E-state index in [2.05, 4.69) is 108 Å². The number of anilines is 2. The maximum absolute atomic E-state index is 3.77. The van der Waals surface area contributed by atoms with Gasteiger partial charge in [0, 0.05) is 25.5 Å². The van der Waals surface area contributed by atoms with Gasteiger partial charge in [0.2, 0.25) is 0 Å². The SMILES string of the molecule is CN(C)c1ccc([C@@H]2Nc3ccccc3[C@H](c3ccccc3)N2)cc1. The minimum absolute atomic E-state index is 0.0799. The molecule has 0 amide bonds. The van der Waals surface area contributed by atoms with Gasteiger partial charge in [-0.1, -0.05) is 60.7 Å². The Morgan fingerprint density at radius 1 is 0.720 bits per heavy atom. The molecule has 3 nitrogen and oxygen atoms in total. The monoisotopic (exact) mass is 329 g/mol. The molecule has 3 heteroatoms. The predicted octanol–water partition coefficient (Wildman–Crippen LogP) is 4.56. The van der Waals surface area contributed by atoms with Crippen LogP contribution in [0.5, 0.6) is 0 Å². The molecule has 0 saturated heterocycles. The molecule has 3 aromatic rings. The molecular weight excluding hydrogens is 306 g/mol. The molecule has 0 aromatic heterocycles. The summed E-state index contributed by atoms with van der Waals surface area (Å²) in [6.07, 6.45) is 0.0799. The summed E-state index contributed by atoms with van der Waals surface area (Å²) in [6, 6.07) is 28.1. The van der Waals surface area contributed by atoms with E-state index in [0.717, 1.165) is 0 Å². The van der Waals surface area contributed by atoms with Crippen LogP contribution in [0.15, 0.2) is 78.9 Å². The number of hydrogen-bond donors (Lipinski definition) is 2. The van der Waals surface area contributed by atoms with Crippen molar-refractivity contribution in [3.63, 3.8) is 0 Å². The Kier molecular flexibility index (Phi) is 4.16. The predicted molar refractivity (Wildman–Crippen MR) is 105 cm³/mol. The standard InChI is InChI=1S/C22H23N3/c1-25(2)18-14-12-17(13-15-18)22-23-20-11-7-6-10-19(20)21(24-22)16-8-4-3-5-9-16/h3-15,21-24H,1-2H3/t21-,22+/m0/s1. The molecule has 0 bridgehead atoms. The van der Waals surface area contributed by atoms with Crippen molar-refractivity contribution in [1.82, 2.24) is 5.32 Å². The first-order valence-corrected chi connectivity index (χ1v) is 8.66. The molecule has 1 heterocycles. The van der Waals surface area contributed by atoms with Gasteiger partial charge in [0.25, 0.3) is 0 Å². The summed E-state index contributed by atoms with van der Waals surface area (Å²) in [5.41, 5.74) is 6.21. The van der Waals surface area contributed by atoms with Crippen LogP contribution in [0.4, 0.5) is 11.4 Å². The van der Waals surface area contributed by atoms with Crippen molar-refractivity contribution in [3.05, 3.63) is 95.6 Å². The average Bonchev–Trinajstić information content (AvgIpc) is 2.68. The highest BCUT2D eigenvalue weighted by Crippen LogP contribution is 2.36. The third-order valence-corrected chi connectivity index (χ3v) is 4.78. The maximum atomic E-state index is 3.77. The zero-order chi connectivity index (χ0) is 17.2. The van der Waals surface area contributed by atoms with Crippen LogP contribution in [0.25, 0.3) is 0 Å². The number of para-hydroxylation sites is 1. The lowest BCUT2D eigenvalue weighted by atomic mass is 9.93. The zero-order valence-corrected chi connectivity index (χ0v) is 14.6. The Hall–Kier alpha value is -2.78. The minimum atomic E-state index is 0.0799. The van der Waals surface area contributed by atoms with Crippen molar-refractivity contribution in [1.29, 1.82) is 0 Å².